The second kappa shape index (κ2) is 13.8. The van der Waals surface area contributed by atoms with Gasteiger partial charge in [0.2, 0.25) is 0 Å². The number of allylic oxidation sites excluding steroid dienone is 5. The second-order valence-corrected chi connectivity index (χ2v) is 28.2. The van der Waals surface area contributed by atoms with Gasteiger partial charge >= 0.3 is 0 Å². The fraction of sp³-hybridized carbons (Fsp3) is 0.800. The van der Waals surface area contributed by atoms with Crippen LogP contribution in [-0.2, 0) is 8.85 Å². The minimum atomic E-state index is -1.96. The molecule has 4 heteroatoms. The SMILES string of the molecule is C=C1/C(=C\C=C2\CCCC3(C)C2CCC3C(C)/C=C/C(C)C(C)C)CC(O[Si](C)(C)C(C)(C)C)CC1O[Si](C)(C)C(C)(C)C. The molecule has 3 saturated carbocycles. The maximum atomic E-state index is 7.09. The lowest BCUT2D eigenvalue weighted by Gasteiger charge is -2.45. The number of fused-ring (bicyclic) bond motifs is 1. The molecule has 0 saturated heterocycles. The van der Waals surface area contributed by atoms with Crippen LogP contribution in [0.25, 0.3) is 0 Å². The zero-order valence-corrected chi connectivity index (χ0v) is 33.8. The highest BCUT2D eigenvalue weighted by Gasteiger charge is 2.50. The van der Waals surface area contributed by atoms with E-state index in [4.69, 9.17) is 15.4 Å². The van der Waals surface area contributed by atoms with Gasteiger partial charge in [0.05, 0.1) is 12.2 Å². The third-order valence-electron chi connectivity index (χ3n) is 13.2. The average molecular weight is 641 g/mol. The monoisotopic (exact) mass is 641 g/mol. The van der Waals surface area contributed by atoms with Crippen molar-refractivity contribution in [3.05, 3.63) is 47.6 Å². The summed E-state index contributed by atoms with van der Waals surface area (Å²) >= 11 is 0. The molecule has 0 aromatic rings. The fourth-order valence-corrected chi connectivity index (χ4v) is 10.3. The Morgan fingerprint density at radius 3 is 2.02 bits per heavy atom. The molecule has 0 aliphatic heterocycles. The Labute approximate surface area is 276 Å². The predicted octanol–water partition coefficient (Wildman–Crippen LogP) is 12.7. The minimum absolute atomic E-state index is 0.0393. The van der Waals surface area contributed by atoms with E-state index in [2.05, 4.69) is 127 Å². The average Bonchev–Trinajstić information content (AvgIpc) is 3.23. The summed E-state index contributed by atoms with van der Waals surface area (Å²) in [6.07, 6.45) is 18.8. The van der Waals surface area contributed by atoms with Crippen LogP contribution in [0, 0.1) is 35.0 Å². The third kappa shape index (κ3) is 8.42. The molecule has 0 heterocycles. The van der Waals surface area contributed by atoms with Gasteiger partial charge in [-0.3, -0.25) is 0 Å². The van der Waals surface area contributed by atoms with E-state index in [1.807, 2.05) is 0 Å². The molecule has 2 nitrogen and oxygen atoms in total. The topological polar surface area (TPSA) is 18.5 Å². The summed E-state index contributed by atoms with van der Waals surface area (Å²) in [7, 11) is -3.88. The molecular weight excluding hydrogens is 569 g/mol. The Bertz CT molecular complexity index is 1100. The first-order valence-corrected chi connectivity index (χ1v) is 23.9. The summed E-state index contributed by atoms with van der Waals surface area (Å²) in [5.74, 6) is 3.47. The van der Waals surface area contributed by atoms with Gasteiger partial charge in [-0.05, 0) is 121 Å². The zero-order chi connectivity index (χ0) is 33.5. The number of hydrogen-bond acceptors (Lipinski definition) is 2. The van der Waals surface area contributed by atoms with E-state index >= 15 is 0 Å². The van der Waals surface area contributed by atoms with Crippen molar-refractivity contribution in [1.82, 2.24) is 0 Å². The van der Waals surface area contributed by atoms with E-state index in [9.17, 15) is 0 Å². The lowest BCUT2D eigenvalue weighted by atomic mass is 9.61. The molecule has 3 aliphatic carbocycles. The highest BCUT2D eigenvalue weighted by Crippen LogP contribution is 2.59. The van der Waals surface area contributed by atoms with Crippen LogP contribution in [0.15, 0.2) is 47.6 Å². The first-order chi connectivity index (χ1) is 20.0. The van der Waals surface area contributed by atoms with Crippen LogP contribution in [0.2, 0.25) is 36.3 Å². The Morgan fingerprint density at radius 1 is 0.864 bits per heavy atom. The fourth-order valence-electron chi connectivity index (χ4n) is 7.62. The maximum absolute atomic E-state index is 7.09. The van der Waals surface area contributed by atoms with Gasteiger partial charge in [0.1, 0.15) is 0 Å². The van der Waals surface area contributed by atoms with Crippen molar-refractivity contribution in [2.45, 2.75) is 170 Å². The molecule has 7 unspecified atom stereocenters. The molecule has 3 rings (SSSR count). The van der Waals surface area contributed by atoms with E-state index in [0.29, 0.717) is 29.1 Å². The summed E-state index contributed by atoms with van der Waals surface area (Å²) in [6, 6.07) is 0. The van der Waals surface area contributed by atoms with Crippen molar-refractivity contribution in [1.29, 1.82) is 0 Å². The van der Waals surface area contributed by atoms with Gasteiger partial charge in [-0.2, -0.15) is 0 Å². The Kier molecular flexibility index (Phi) is 11.9. The van der Waals surface area contributed by atoms with Gasteiger partial charge in [-0.15, -0.1) is 0 Å². The number of rotatable bonds is 9. The molecule has 0 aromatic heterocycles. The first-order valence-electron chi connectivity index (χ1n) is 18.1. The smallest absolute Gasteiger partial charge is 0.192 e. The van der Waals surface area contributed by atoms with Crippen molar-refractivity contribution >= 4 is 16.6 Å². The van der Waals surface area contributed by atoms with E-state index in [-0.39, 0.29) is 22.3 Å². The van der Waals surface area contributed by atoms with Crippen molar-refractivity contribution in [3.8, 4) is 0 Å². The maximum Gasteiger partial charge on any atom is 0.192 e. The van der Waals surface area contributed by atoms with Crippen molar-refractivity contribution < 1.29 is 8.85 Å². The Balaban J connectivity index is 1.90. The zero-order valence-electron chi connectivity index (χ0n) is 31.8. The largest absolute Gasteiger partial charge is 0.413 e. The van der Waals surface area contributed by atoms with E-state index < -0.39 is 16.6 Å². The van der Waals surface area contributed by atoms with E-state index in [1.165, 1.54) is 43.3 Å². The highest BCUT2D eigenvalue weighted by molar-refractivity contribution is 6.74. The molecule has 0 amide bonds. The van der Waals surface area contributed by atoms with Gasteiger partial charge in [0.15, 0.2) is 16.6 Å². The van der Waals surface area contributed by atoms with Crippen LogP contribution in [0.4, 0.5) is 0 Å². The quantitative estimate of drug-likeness (QED) is 0.184. The predicted molar refractivity (Wildman–Crippen MR) is 199 cm³/mol. The molecule has 7 atom stereocenters. The van der Waals surface area contributed by atoms with Gasteiger partial charge in [0, 0.05) is 6.42 Å². The molecule has 3 fully saturated rings. The van der Waals surface area contributed by atoms with Gasteiger partial charge in [-0.1, -0.05) is 113 Å². The third-order valence-corrected chi connectivity index (χ3v) is 22.2. The lowest BCUT2D eigenvalue weighted by molar-refractivity contribution is 0.0969. The molecular formula is C40H72O2Si2. The molecule has 0 radical (unpaired) electrons. The van der Waals surface area contributed by atoms with E-state index in [0.717, 1.165) is 18.8 Å². The summed E-state index contributed by atoms with van der Waals surface area (Å²) in [4.78, 5) is 0. The molecule has 252 valence electrons. The molecule has 0 bridgehead atoms. The molecule has 0 spiro atoms. The molecule has 3 aliphatic rings. The van der Waals surface area contributed by atoms with Crippen LogP contribution in [-0.4, -0.2) is 28.8 Å². The van der Waals surface area contributed by atoms with Crippen LogP contribution in [0.1, 0.15) is 121 Å². The summed E-state index contributed by atoms with van der Waals surface area (Å²) in [5, 5.41) is 0.352. The molecule has 44 heavy (non-hydrogen) atoms. The van der Waals surface area contributed by atoms with Gasteiger partial charge in [0.25, 0.3) is 0 Å². The van der Waals surface area contributed by atoms with Gasteiger partial charge in [-0.25, -0.2) is 0 Å². The summed E-state index contributed by atoms with van der Waals surface area (Å²) in [6.45, 7) is 40.5. The van der Waals surface area contributed by atoms with Crippen LogP contribution in [0.3, 0.4) is 0 Å². The van der Waals surface area contributed by atoms with Crippen LogP contribution in [0.5, 0.6) is 0 Å². The first kappa shape index (κ1) is 37.8. The van der Waals surface area contributed by atoms with Crippen LogP contribution < -0.4 is 0 Å². The lowest BCUT2D eigenvalue weighted by Crippen LogP contribution is -2.49. The highest BCUT2D eigenvalue weighted by atomic mass is 28.4. The minimum Gasteiger partial charge on any atom is -0.413 e. The Hall–Kier alpha value is -0.686. The van der Waals surface area contributed by atoms with E-state index in [1.54, 1.807) is 5.57 Å². The van der Waals surface area contributed by atoms with Crippen LogP contribution >= 0.6 is 0 Å². The normalized spacial score (nSPS) is 32.6. The van der Waals surface area contributed by atoms with Crippen molar-refractivity contribution in [2.24, 2.45) is 35.0 Å². The summed E-state index contributed by atoms with van der Waals surface area (Å²) < 4.78 is 14.2. The van der Waals surface area contributed by atoms with Gasteiger partial charge < -0.3 is 8.85 Å². The molecule has 0 N–H and O–H groups in total. The number of hydrogen-bond donors (Lipinski definition) is 0. The van der Waals surface area contributed by atoms with Crippen molar-refractivity contribution in [2.75, 3.05) is 0 Å². The molecule has 0 aromatic carbocycles. The second-order valence-electron chi connectivity index (χ2n) is 18.7. The van der Waals surface area contributed by atoms with Crippen molar-refractivity contribution in [3.63, 3.8) is 0 Å². The summed E-state index contributed by atoms with van der Waals surface area (Å²) in [5.41, 5.74) is 4.64. The standard InChI is InChI=1S/C40H72O2Si2/c1-28(2)29(3)19-20-30(4)35-23-24-36-32(18-17-25-40(35,36)12)21-22-33-26-34(41-43(13,14)38(6,7)8)27-37(31(33)5)42-44(15,16)39(9,10)11/h19-22,28-30,34-37H,5,17-18,23-27H2,1-4,6-16H3/b20-19+,32-21-,33-22-. The Morgan fingerprint density at radius 2 is 1.45 bits per heavy atom.